The van der Waals surface area contributed by atoms with Crippen LogP contribution in [0.25, 0.3) is 33.1 Å². The number of nitrogens with zero attached hydrogens (tertiary/aromatic N) is 6. The van der Waals surface area contributed by atoms with Gasteiger partial charge in [-0.1, -0.05) is 18.5 Å². The van der Waals surface area contributed by atoms with Gasteiger partial charge in [-0.05, 0) is 44.0 Å². The number of benzene rings is 2. The zero-order valence-electron chi connectivity index (χ0n) is 23.0. The number of pyridine rings is 1. The summed E-state index contributed by atoms with van der Waals surface area (Å²) in [6.45, 7) is 9.16. The van der Waals surface area contributed by atoms with Crippen molar-refractivity contribution in [3.63, 3.8) is 0 Å². The second-order valence-electron chi connectivity index (χ2n) is 11.5. The van der Waals surface area contributed by atoms with Crippen molar-refractivity contribution >= 4 is 33.5 Å². The Morgan fingerprint density at radius 3 is 2.54 bits per heavy atom. The van der Waals surface area contributed by atoms with Gasteiger partial charge in [0.05, 0.1) is 35.5 Å². The standard InChI is InChI=1S/C31H30ClFN6O2/c1-19-37-28-15-36-27-14-26(33)23(22-5-4-21(12-25(22)32)41-30-34-8-3-9-35-30)13-24(27)29(28)39(19)20-6-10-38(11-7-20)16-31(2)17-40-18-31/h3-5,8-9,12-15,20H,6-7,10-11,16-18H2,1-2H3. The molecule has 8 nitrogen and oxygen atoms in total. The molecule has 0 atom stereocenters. The van der Waals surface area contributed by atoms with Gasteiger partial charge < -0.3 is 18.9 Å². The van der Waals surface area contributed by atoms with E-state index < -0.39 is 5.82 Å². The van der Waals surface area contributed by atoms with Crippen molar-refractivity contribution in [2.24, 2.45) is 5.41 Å². The van der Waals surface area contributed by atoms with E-state index in [4.69, 9.17) is 26.1 Å². The first-order valence-electron chi connectivity index (χ1n) is 13.9. The van der Waals surface area contributed by atoms with E-state index in [0.29, 0.717) is 33.5 Å². The molecule has 41 heavy (non-hydrogen) atoms. The number of rotatable bonds is 6. The van der Waals surface area contributed by atoms with Crippen LogP contribution in [0.5, 0.6) is 11.8 Å². The number of piperidine rings is 1. The Hall–Kier alpha value is -3.66. The second kappa shape index (κ2) is 10.3. The van der Waals surface area contributed by atoms with Crippen LogP contribution >= 0.6 is 11.6 Å². The molecular formula is C31H30ClFN6O2. The minimum Gasteiger partial charge on any atom is -0.424 e. The Labute approximate surface area is 242 Å². The van der Waals surface area contributed by atoms with Crippen LogP contribution in [-0.4, -0.2) is 62.3 Å². The van der Waals surface area contributed by atoms with Crippen LogP contribution in [0, 0.1) is 18.2 Å². The molecule has 10 heteroatoms. The quantitative estimate of drug-likeness (QED) is 0.226. The maximum atomic E-state index is 15.5. The molecule has 0 aliphatic carbocycles. The van der Waals surface area contributed by atoms with Crippen molar-refractivity contribution in [3.8, 4) is 22.9 Å². The first-order chi connectivity index (χ1) is 19.9. The van der Waals surface area contributed by atoms with Gasteiger partial charge in [0.2, 0.25) is 0 Å². The highest BCUT2D eigenvalue weighted by Crippen LogP contribution is 2.39. The zero-order valence-corrected chi connectivity index (χ0v) is 23.7. The van der Waals surface area contributed by atoms with Crippen molar-refractivity contribution < 1.29 is 13.9 Å². The van der Waals surface area contributed by atoms with Gasteiger partial charge in [-0.15, -0.1) is 0 Å². The van der Waals surface area contributed by atoms with Crippen molar-refractivity contribution in [2.75, 3.05) is 32.8 Å². The molecular weight excluding hydrogens is 543 g/mol. The van der Waals surface area contributed by atoms with E-state index in [9.17, 15) is 0 Å². The fourth-order valence-corrected chi connectivity index (χ4v) is 6.48. The fraction of sp³-hybridized carbons (Fsp3) is 0.355. The van der Waals surface area contributed by atoms with Gasteiger partial charge in [-0.25, -0.2) is 19.3 Å². The third kappa shape index (κ3) is 4.92. The van der Waals surface area contributed by atoms with Crippen LogP contribution < -0.4 is 4.74 Å². The molecule has 0 spiro atoms. The smallest absolute Gasteiger partial charge is 0.321 e. The zero-order chi connectivity index (χ0) is 28.1. The number of likely N-dealkylation sites (tertiary alicyclic amines) is 1. The van der Waals surface area contributed by atoms with Crippen LogP contribution in [-0.2, 0) is 4.74 Å². The monoisotopic (exact) mass is 572 g/mol. The second-order valence-corrected chi connectivity index (χ2v) is 11.9. The minimum atomic E-state index is -0.393. The summed E-state index contributed by atoms with van der Waals surface area (Å²) in [5, 5.41) is 1.22. The van der Waals surface area contributed by atoms with Crippen LogP contribution in [0.3, 0.4) is 0 Å². The highest BCUT2D eigenvalue weighted by molar-refractivity contribution is 6.33. The average Bonchev–Trinajstić information content (AvgIpc) is 3.29. The van der Waals surface area contributed by atoms with Crippen molar-refractivity contribution in [3.05, 3.63) is 71.7 Å². The van der Waals surface area contributed by atoms with Gasteiger partial charge >= 0.3 is 6.01 Å². The van der Waals surface area contributed by atoms with Crippen LogP contribution in [0.4, 0.5) is 4.39 Å². The Morgan fingerprint density at radius 1 is 1.05 bits per heavy atom. The first kappa shape index (κ1) is 26.3. The Kier molecular flexibility index (Phi) is 6.60. The van der Waals surface area contributed by atoms with Crippen LogP contribution in [0.1, 0.15) is 31.6 Å². The van der Waals surface area contributed by atoms with Gasteiger partial charge in [0.25, 0.3) is 0 Å². The SMILES string of the molecule is Cc1nc2cnc3cc(F)c(-c4ccc(Oc5ncccn5)cc4Cl)cc3c2n1C1CCN(CC2(C)COC2)CC1. The molecule has 2 aliphatic rings. The van der Waals surface area contributed by atoms with Crippen molar-refractivity contribution in [1.82, 2.24) is 29.4 Å². The Morgan fingerprint density at radius 2 is 1.83 bits per heavy atom. The topological polar surface area (TPSA) is 78.2 Å². The maximum Gasteiger partial charge on any atom is 0.321 e. The number of hydrogen-bond acceptors (Lipinski definition) is 7. The normalized spacial score (nSPS) is 17.7. The molecule has 0 bridgehead atoms. The van der Waals surface area contributed by atoms with Gasteiger partial charge in [0.15, 0.2) is 0 Å². The van der Waals surface area contributed by atoms with Gasteiger partial charge in [-0.3, -0.25) is 4.98 Å². The molecule has 3 aromatic heterocycles. The number of halogens is 2. The summed E-state index contributed by atoms with van der Waals surface area (Å²) in [5.41, 5.74) is 3.63. The van der Waals surface area contributed by atoms with Gasteiger partial charge in [-0.2, -0.15) is 0 Å². The van der Waals surface area contributed by atoms with Gasteiger partial charge in [0, 0.05) is 72.1 Å². The number of fused-ring (bicyclic) bond motifs is 3. The first-order valence-corrected chi connectivity index (χ1v) is 14.3. The summed E-state index contributed by atoms with van der Waals surface area (Å²) in [6.07, 6.45) is 6.99. The molecule has 7 rings (SSSR count). The van der Waals surface area contributed by atoms with E-state index in [-0.39, 0.29) is 11.4 Å². The molecule has 2 fully saturated rings. The molecule has 0 saturated carbocycles. The molecule has 0 N–H and O–H groups in total. The molecule has 2 aromatic carbocycles. The number of hydrogen-bond donors (Lipinski definition) is 0. The van der Waals surface area contributed by atoms with E-state index in [1.54, 1.807) is 42.9 Å². The third-order valence-electron chi connectivity index (χ3n) is 8.19. The number of ether oxygens (including phenoxy) is 2. The minimum absolute atomic E-state index is 0.211. The Bertz CT molecular complexity index is 1750. The number of aryl methyl sites for hydroxylation is 1. The lowest BCUT2D eigenvalue weighted by molar-refractivity contribution is -0.117. The highest BCUT2D eigenvalue weighted by Gasteiger charge is 2.36. The van der Waals surface area contributed by atoms with E-state index in [2.05, 4.69) is 31.3 Å². The van der Waals surface area contributed by atoms with E-state index in [0.717, 1.165) is 67.9 Å². The predicted octanol–water partition coefficient (Wildman–Crippen LogP) is 6.61. The van der Waals surface area contributed by atoms with Crippen molar-refractivity contribution in [2.45, 2.75) is 32.7 Å². The molecule has 5 aromatic rings. The average molecular weight is 573 g/mol. The summed E-state index contributed by atoms with van der Waals surface area (Å²) in [6, 6.07) is 10.7. The fourth-order valence-electron chi connectivity index (χ4n) is 6.21. The molecule has 2 saturated heterocycles. The molecule has 0 radical (unpaired) electrons. The van der Waals surface area contributed by atoms with Crippen LogP contribution in [0.15, 0.2) is 55.0 Å². The van der Waals surface area contributed by atoms with Crippen LogP contribution in [0.2, 0.25) is 5.02 Å². The maximum absolute atomic E-state index is 15.5. The molecule has 0 amide bonds. The highest BCUT2D eigenvalue weighted by atomic mass is 35.5. The Balaban J connectivity index is 1.23. The summed E-state index contributed by atoms with van der Waals surface area (Å²) < 4.78 is 29.0. The third-order valence-corrected chi connectivity index (χ3v) is 8.50. The molecule has 2 aliphatic heterocycles. The number of imidazole rings is 1. The lowest BCUT2D eigenvalue weighted by atomic mass is 9.87. The summed E-state index contributed by atoms with van der Waals surface area (Å²) in [4.78, 5) is 20.1. The number of aromatic nitrogens is 5. The summed E-state index contributed by atoms with van der Waals surface area (Å²) in [5.74, 6) is 1.02. The molecule has 0 unspecified atom stereocenters. The predicted molar refractivity (Wildman–Crippen MR) is 156 cm³/mol. The summed E-state index contributed by atoms with van der Waals surface area (Å²) in [7, 11) is 0. The van der Waals surface area contributed by atoms with E-state index in [1.165, 1.54) is 6.07 Å². The van der Waals surface area contributed by atoms with Gasteiger partial charge in [0.1, 0.15) is 22.9 Å². The van der Waals surface area contributed by atoms with E-state index >= 15 is 4.39 Å². The lowest BCUT2D eigenvalue weighted by Crippen LogP contribution is -2.50. The molecule has 210 valence electrons. The van der Waals surface area contributed by atoms with Crippen molar-refractivity contribution in [1.29, 1.82) is 0 Å². The van der Waals surface area contributed by atoms with E-state index in [1.807, 2.05) is 13.0 Å². The largest absolute Gasteiger partial charge is 0.424 e. The molecule has 5 heterocycles. The lowest BCUT2D eigenvalue weighted by Gasteiger charge is -2.44. The summed E-state index contributed by atoms with van der Waals surface area (Å²) >= 11 is 6.67.